The van der Waals surface area contributed by atoms with E-state index in [0.717, 1.165) is 11.8 Å². The molecule has 0 saturated carbocycles. The molecule has 0 bridgehead atoms. The van der Waals surface area contributed by atoms with Crippen molar-refractivity contribution in [2.45, 2.75) is 20.5 Å². The van der Waals surface area contributed by atoms with Gasteiger partial charge in [0, 0.05) is 5.41 Å². The maximum absolute atomic E-state index is 12.4. The molecule has 146 valence electrons. The molecule has 2 rings (SSSR count). The highest BCUT2D eigenvalue weighted by Gasteiger charge is 2.44. The summed E-state index contributed by atoms with van der Waals surface area (Å²) >= 11 is 0.910. The van der Waals surface area contributed by atoms with Crippen molar-refractivity contribution in [3.63, 3.8) is 0 Å². The molecule has 0 unspecified atom stereocenters. The lowest BCUT2D eigenvalue weighted by Gasteiger charge is -2.34. The van der Waals surface area contributed by atoms with Crippen molar-refractivity contribution in [2.75, 3.05) is 11.1 Å². The lowest BCUT2D eigenvalue weighted by Crippen LogP contribution is -2.44. The van der Waals surface area contributed by atoms with Crippen LogP contribution in [0.25, 0.3) is 0 Å². The fraction of sp³-hybridized carbons (Fsp3) is 0.333. The van der Waals surface area contributed by atoms with Gasteiger partial charge in [0.2, 0.25) is 11.8 Å². The fourth-order valence-corrected chi connectivity index (χ4v) is 3.60. The van der Waals surface area contributed by atoms with Crippen LogP contribution in [0.2, 0.25) is 0 Å². The van der Waals surface area contributed by atoms with Crippen LogP contribution in [0.4, 0.5) is 14.5 Å². The molecule has 0 saturated heterocycles. The Morgan fingerprint density at radius 3 is 2.68 bits per heavy atom. The van der Waals surface area contributed by atoms with Gasteiger partial charge in [0.1, 0.15) is 11.7 Å². The molecule has 0 aromatic heterocycles. The minimum Gasteiger partial charge on any atom is -0.433 e. The number of carbonyl (C=O) groups excluding carboxylic acids is 2. The Kier molecular flexibility index (Phi) is 6.60. The highest BCUT2D eigenvalue weighted by atomic mass is 32.2. The van der Waals surface area contributed by atoms with E-state index in [9.17, 15) is 28.9 Å². The molecule has 1 aliphatic heterocycles. The van der Waals surface area contributed by atoms with E-state index in [4.69, 9.17) is 0 Å². The zero-order valence-electron chi connectivity index (χ0n) is 15.0. The third-order valence-electron chi connectivity index (χ3n) is 4.06. The van der Waals surface area contributed by atoms with Crippen LogP contribution >= 0.6 is 11.8 Å². The Morgan fingerprint density at radius 1 is 1.39 bits per heavy atom. The molecule has 28 heavy (non-hydrogen) atoms. The molecule has 1 aliphatic rings. The van der Waals surface area contributed by atoms with Crippen molar-refractivity contribution in [2.24, 2.45) is 11.3 Å². The van der Waals surface area contributed by atoms with Crippen LogP contribution in [0.3, 0.4) is 0 Å². The number of benzene rings is 1. The maximum atomic E-state index is 12.4. The van der Waals surface area contributed by atoms with E-state index in [1.54, 1.807) is 19.9 Å². The molecule has 1 aromatic rings. The van der Waals surface area contributed by atoms with Gasteiger partial charge in [-0.25, -0.2) is 0 Å². The van der Waals surface area contributed by atoms with Gasteiger partial charge < -0.3 is 15.4 Å². The predicted molar refractivity (Wildman–Crippen MR) is 97.8 cm³/mol. The Morgan fingerprint density at radius 2 is 2.07 bits per heavy atom. The van der Waals surface area contributed by atoms with Crippen molar-refractivity contribution < 1.29 is 23.1 Å². The van der Waals surface area contributed by atoms with Gasteiger partial charge in [-0.1, -0.05) is 37.7 Å². The Labute approximate surface area is 164 Å². The number of rotatable bonds is 6. The summed E-state index contributed by atoms with van der Waals surface area (Å²) in [6.45, 7) is 0.177. The Bertz CT molecular complexity index is 903. The van der Waals surface area contributed by atoms with Crippen LogP contribution in [0, 0.1) is 34.0 Å². The number of thioether (sulfide) groups is 1. The number of nitrogens with zero attached hydrogens (tertiary/aromatic N) is 2. The first-order chi connectivity index (χ1) is 13.2. The van der Waals surface area contributed by atoms with E-state index in [1.165, 1.54) is 18.2 Å². The number of nitrogens with one attached hydrogen (secondary N) is 2. The van der Waals surface area contributed by atoms with E-state index in [2.05, 4.69) is 15.4 Å². The third kappa shape index (κ3) is 4.59. The van der Waals surface area contributed by atoms with Crippen molar-refractivity contribution in [1.82, 2.24) is 5.32 Å². The molecular formula is C18H16F2N4O3S. The summed E-state index contributed by atoms with van der Waals surface area (Å²) in [6.07, 6.45) is 0. The molecule has 10 heteroatoms. The number of carbonyl (C=O) groups is 2. The van der Waals surface area contributed by atoms with Gasteiger partial charge in [0.15, 0.2) is 0 Å². The standard InChI is InChI=1S/C18H16F2N4O3S/c1-18(2)10(7-21)15(26)24-16(11(18)8-22)28-9-14(25)23-12-5-3-4-6-13(12)27-17(19)20/h3-6,10,17H,9H2,1-2H3,(H,23,25)(H,24,26)/t10-/m0/s1. The summed E-state index contributed by atoms with van der Waals surface area (Å²) in [5, 5.41) is 23.8. The number of nitriles is 2. The van der Waals surface area contributed by atoms with Crippen molar-refractivity contribution >= 4 is 29.3 Å². The van der Waals surface area contributed by atoms with Crippen LogP contribution < -0.4 is 15.4 Å². The number of hydrogen-bond donors (Lipinski definition) is 2. The number of alkyl halides is 2. The van der Waals surface area contributed by atoms with Crippen molar-refractivity contribution in [1.29, 1.82) is 10.5 Å². The lowest BCUT2D eigenvalue weighted by molar-refractivity contribution is -0.125. The van der Waals surface area contributed by atoms with Gasteiger partial charge in [-0.05, 0) is 12.1 Å². The molecule has 0 fully saturated rings. The monoisotopic (exact) mass is 406 g/mol. The number of hydrogen-bond acceptors (Lipinski definition) is 6. The van der Waals surface area contributed by atoms with Gasteiger partial charge in [-0.15, -0.1) is 0 Å². The van der Waals surface area contributed by atoms with Crippen LogP contribution in [-0.4, -0.2) is 24.2 Å². The highest BCUT2D eigenvalue weighted by molar-refractivity contribution is 8.03. The van der Waals surface area contributed by atoms with Gasteiger partial charge in [-0.2, -0.15) is 19.3 Å². The molecule has 0 spiro atoms. The quantitative estimate of drug-likeness (QED) is 0.750. The number of allylic oxidation sites excluding steroid dienone is 1. The van der Waals surface area contributed by atoms with E-state index in [1.807, 2.05) is 12.1 Å². The van der Waals surface area contributed by atoms with Crippen LogP contribution in [0.1, 0.15) is 13.8 Å². The summed E-state index contributed by atoms with van der Waals surface area (Å²) in [5.74, 6) is -2.51. The summed E-state index contributed by atoms with van der Waals surface area (Å²) < 4.78 is 29.2. The second-order valence-corrected chi connectivity index (χ2v) is 7.29. The number of amides is 2. The molecule has 1 heterocycles. The highest BCUT2D eigenvalue weighted by Crippen LogP contribution is 2.41. The molecule has 2 amide bonds. The molecule has 0 aliphatic carbocycles. The summed E-state index contributed by atoms with van der Waals surface area (Å²) in [5.41, 5.74) is -0.749. The van der Waals surface area contributed by atoms with E-state index < -0.39 is 29.8 Å². The first kappa shape index (κ1) is 21.2. The number of ether oxygens (including phenoxy) is 1. The third-order valence-corrected chi connectivity index (χ3v) is 5.06. The molecule has 2 N–H and O–H groups in total. The van der Waals surface area contributed by atoms with Crippen LogP contribution in [0.5, 0.6) is 5.75 Å². The molecule has 1 aromatic carbocycles. The molecule has 1 atom stereocenters. The largest absolute Gasteiger partial charge is 0.433 e. The van der Waals surface area contributed by atoms with Crippen LogP contribution in [-0.2, 0) is 9.59 Å². The van der Waals surface area contributed by atoms with Gasteiger partial charge in [-0.3, -0.25) is 9.59 Å². The summed E-state index contributed by atoms with van der Waals surface area (Å²) in [7, 11) is 0. The minimum absolute atomic E-state index is 0.0699. The second-order valence-electron chi connectivity index (χ2n) is 6.30. The van der Waals surface area contributed by atoms with Gasteiger partial charge in [0.05, 0.1) is 34.2 Å². The Balaban J connectivity index is 2.13. The normalized spacial score (nSPS) is 18.1. The summed E-state index contributed by atoms with van der Waals surface area (Å²) in [4.78, 5) is 24.3. The zero-order valence-corrected chi connectivity index (χ0v) is 15.8. The maximum Gasteiger partial charge on any atom is 0.387 e. The summed E-state index contributed by atoms with van der Waals surface area (Å²) in [6, 6.07) is 9.60. The molecule has 0 radical (unpaired) electrons. The Hall–Kier alpha value is -3.11. The number of halogens is 2. The average molecular weight is 406 g/mol. The second kappa shape index (κ2) is 8.72. The number of anilines is 1. The van der Waals surface area contributed by atoms with Crippen molar-refractivity contribution in [3.05, 3.63) is 34.9 Å². The fourth-order valence-electron chi connectivity index (χ4n) is 2.63. The molecular weight excluding hydrogens is 390 g/mol. The zero-order chi connectivity index (χ0) is 20.9. The smallest absolute Gasteiger partial charge is 0.387 e. The van der Waals surface area contributed by atoms with E-state index >= 15 is 0 Å². The number of para-hydroxylation sites is 2. The predicted octanol–water partition coefficient (Wildman–Crippen LogP) is 2.99. The minimum atomic E-state index is -3.04. The van der Waals surface area contributed by atoms with Crippen molar-refractivity contribution in [3.8, 4) is 17.9 Å². The first-order valence-electron chi connectivity index (χ1n) is 8.02. The average Bonchev–Trinajstić information content (AvgIpc) is 2.60. The van der Waals surface area contributed by atoms with Crippen LogP contribution in [0.15, 0.2) is 34.9 Å². The molecule has 7 nitrogen and oxygen atoms in total. The SMILES string of the molecule is CC1(C)C(C#N)=C(SCC(=O)Nc2ccccc2OC(F)F)NC(=O)[C@@H]1C#N. The van der Waals surface area contributed by atoms with Gasteiger partial charge in [0.25, 0.3) is 0 Å². The van der Waals surface area contributed by atoms with E-state index in [0.29, 0.717) is 0 Å². The first-order valence-corrected chi connectivity index (χ1v) is 9.01. The van der Waals surface area contributed by atoms with E-state index in [-0.39, 0.29) is 27.8 Å². The topological polar surface area (TPSA) is 115 Å². The van der Waals surface area contributed by atoms with Gasteiger partial charge >= 0.3 is 6.61 Å². The lowest BCUT2D eigenvalue weighted by atomic mass is 9.72.